The number of fused-ring (bicyclic) bond motifs is 1. The largest absolute Gasteiger partial charge is 0.352 e. The molecule has 0 unspecified atom stereocenters. The summed E-state index contributed by atoms with van der Waals surface area (Å²) in [6, 6.07) is 0.329. The van der Waals surface area contributed by atoms with E-state index in [2.05, 4.69) is 37.6 Å². The minimum atomic E-state index is 0.329. The number of nitrogens with zero attached hydrogens (tertiary/aromatic N) is 3. The van der Waals surface area contributed by atoms with Crippen molar-refractivity contribution in [3.63, 3.8) is 0 Å². The van der Waals surface area contributed by atoms with Crippen LogP contribution in [0.15, 0.2) is 11.6 Å². The lowest BCUT2D eigenvalue weighted by atomic mass is 10.1. The quantitative estimate of drug-likeness (QED) is 0.780. The van der Waals surface area contributed by atoms with Crippen LogP contribution in [0.1, 0.15) is 38.2 Å². The summed E-state index contributed by atoms with van der Waals surface area (Å²) in [5.74, 6) is 1.34. The fourth-order valence-electron chi connectivity index (χ4n) is 2.05. The monoisotopic (exact) mass is 265 g/mol. The fraction of sp³-hybridized carbons (Fsp3) is 0.538. The number of hydrogen-bond acceptors (Lipinski definition) is 4. The molecule has 4 nitrogen and oxygen atoms in total. The first-order valence-electron chi connectivity index (χ1n) is 6.22. The van der Waals surface area contributed by atoms with Gasteiger partial charge >= 0.3 is 0 Å². The Bertz CT molecular complexity index is 541. The molecule has 2 aromatic rings. The highest BCUT2D eigenvalue weighted by atomic mass is 32.1. The summed E-state index contributed by atoms with van der Waals surface area (Å²) in [5, 5.41) is 1.95. The molecule has 2 rings (SSSR count). The Labute approximate surface area is 111 Å². The van der Waals surface area contributed by atoms with Gasteiger partial charge in [0.05, 0.1) is 0 Å². The maximum absolute atomic E-state index is 11.3. The van der Waals surface area contributed by atoms with E-state index in [0.717, 1.165) is 23.6 Å². The number of carbonyl (C=O) groups excluding carboxylic acids is 1. The molecule has 0 radical (unpaired) electrons. The number of aldehydes is 1. The summed E-state index contributed by atoms with van der Waals surface area (Å²) in [4.78, 5) is 19.0. The summed E-state index contributed by atoms with van der Waals surface area (Å²) in [7, 11) is 0. The highest BCUT2D eigenvalue weighted by Gasteiger charge is 2.21. The zero-order valence-electron chi connectivity index (χ0n) is 11.3. The third-order valence-corrected chi connectivity index (χ3v) is 3.61. The number of imidazole rings is 1. The van der Waals surface area contributed by atoms with Crippen LogP contribution in [0, 0.1) is 5.92 Å². The van der Waals surface area contributed by atoms with Crippen LogP contribution < -0.4 is 4.90 Å². The lowest BCUT2D eigenvalue weighted by molar-refractivity contribution is 0.111. The van der Waals surface area contributed by atoms with Crippen molar-refractivity contribution in [3.05, 3.63) is 17.3 Å². The Balaban J connectivity index is 2.48. The number of anilines is 1. The van der Waals surface area contributed by atoms with Gasteiger partial charge in [-0.15, -0.1) is 11.3 Å². The molecule has 0 aliphatic rings. The molecule has 5 heteroatoms. The van der Waals surface area contributed by atoms with Crippen LogP contribution in [0.3, 0.4) is 0 Å². The average molecular weight is 265 g/mol. The van der Waals surface area contributed by atoms with Gasteiger partial charge in [-0.3, -0.25) is 9.20 Å². The van der Waals surface area contributed by atoms with Crippen molar-refractivity contribution in [1.82, 2.24) is 9.38 Å². The molecule has 0 N–H and O–H groups in total. The lowest BCUT2D eigenvalue weighted by Gasteiger charge is -2.28. The first-order chi connectivity index (χ1) is 8.54. The van der Waals surface area contributed by atoms with E-state index in [-0.39, 0.29) is 0 Å². The van der Waals surface area contributed by atoms with Crippen molar-refractivity contribution in [3.8, 4) is 0 Å². The van der Waals surface area contributed by atoms with Crippen molar-refractivity contribution in [1.29, 1.82) is 0 Å². The average Bonchev–Trinajstić information content (AvgIpc) is 2.84. The number of rotatable bonds is 5. The molecule has 0 aliphatic carbocycles. The summed E-state index contributed by atoms with van der Waals surface area (Å²) < 4.78 is 1.86. The van der Waals surface area contributed by atoms with E-state index in [1.807, 2.05) is 16.0 Å². The Morgan fingerprint density at radius 1 is 1.44 bits per heavy atom. The van der Waals surface area contributed by atoms with Gasteiger partial charge < -0.3 is 4.90 Å². The van der Waals surface area contributed by atoms with E-state index in [0.29, 0.717) is 17.7 Å². The van der Waals surface area contributed by atoms with E-state index in [9.17, 15) is 4.79 Å². The Hall–Kier alpha value is -1.36. The predicted octanol–water partition coefficient (Wildman–Crippen LogP) is 3.08. The van der Waals surface area contributed by atoms with Gasteiger partial charge in [-0.1, -0.05) is 13.8 Å². The molecule has 0 spiro atoms. The predicted molar refractivity (Wildman–Crippen MR) is 75.8 cm³/mol. The van der Waals surface area contributed by atoms with Crippen LogP contribution in [0.4, 0.5) is 5.82 Å². The normalized spacial score (nSPS) is 11.7. The molecule has 2 heterocycles. The number of hydrogen-bond donors (Lipinski definition) is 0. The molecule has 0 bridgehead atoms. The highest BCUT2D eigenvalue weighted by Crippen LogP contribution is 2.25. The van der Waals surface area contributed by atoms with Gasteiger partial charge in [0.1, 0.15) is 5.69 Å². The van der Waals surface area contributed by atoms with Crippen LogP contribution in [0.5, 0.6) is 0 Å². The standard InChI is InChI=1S/C13H19N3OS/c1-9(2)7-16(10(3)4)12-11(8-17)15-5-6-18-13(15)14-12/h5-6,8-10H,7H2,1-4H3. The molecule has 0 aromatic carbocycles. The summed E-state index contributed by atoms with van der Waals surface area (Å²) in [6.45, 7) is 9.51. The van der Waals surface area contributed by atoms with Crippen molar-refractivity contribution in [2.24, 2.45) is 5.92 Å². The molecule has 0 amide bonds. The minimum absolute atomic E-state index is 0.329. The molecule has 0 atom stereocenters. The third-order valence-electron chi connectivity index (χ3n) is 2.85. The Morgan fingerprint density at radius 3 is 2.72 bits per heavy atom. The zero-order chi connectivity index (χ0) is 13.3. The molecule has 0 fully saturated rings. The molecule has 0 saturated heterocycles. The van der Waals surface area contributed by atoms with Crippen LogP contribution in [0.25, 0.3) is 4.96 Å². The molecule has 0 aliphatic heterocycles. The van der Waals surface area contributed by atoms with Crippen LogP contribution in [0.2, 0.25) is 0 Å². The van der Waals surface area contributed by atoms with Gasteiger partial charge in [-0.25, -0.2) is 4.98 Å². The molecule has 18 heavy (non-hydrogen) atoms. The molecule has 2 aromatic heterocycles. The Morgan fingerprint density at radius 2 is 2.17 bits per heavy atom. The SMILES string of the molecule is CC(C)CN(c1nc2sccn2c1C=O)C(C)C. The molecule has 0 saturated carbocycles. The topological polar surface area (TPSA) is 37.6 Å². The second-order valence-electron chi connectivity index (χ2n) is 5.13. The van der Waals surface area contributed by atoms with E-state index < -0.39 is 0 Å². The van der Waals surface area contributed by atoms with Gasteiger partial charge in [0.2, 0.25) is 0 Å². The molecule has 98 valence electrons. The summed E-state index contributed by atoms with van der Waals surface area (Å²) >= 11 is 1.55. The van der Waals surface area contributed by atoms with Crippen LogP contribution >= 0.6 is 11.3 Å². The summed E-state index contributed by atoms with van der Waals surface area (Å²) in [6.07, 6.45) is 2.80. The first-order valence-corrected chi connectivity index (χ1v) is 7.10. The maximum atomic E-state index is 11.3. The first kappa shape index (κ1) is 13.1. The van der Waals surface area contributed by atoms with Gasteiger partial charge in [0.25, 0.3) is 0 Å². The Kier molecular flexibility index (Phi) is 3.71. The van der Waals surface area contributed by atoms with Gasteiger partial charge in [0.15, 0.2) is 17.1 Å². The van der Waals surface area contributed by atoms with Crippen molar-refractivity contribution in [2.45, 2.75) is 33.7 Å². The van der Waals surface area contributed by atoms with E-state index in [4.69, 9.17) is 0 Å². The highest BCUT2D eigenvalue weighted by molar-refractivity contribution is 7.15. The van der Waals surface area contributed by atoms with Crippen molar-refractivity contribution >= 4 is 28.4 Å². The maximum Gasteiger partial charge on any atom is 0.196 e. The smallest absolute Gasteiger partial charge is 0.196 e. The zero-order valence-corrected chi connectivity index (χ0v) is 12.1. The van der Waals surface area contributed by atoms with Crippen molar-refractivity contribution < 1.29 is 4.79 Å². The van der Waals surface area contributed by atoms with Crippen molar-refractivity contribution in [2.75, 3.05) is 11.4 Å². The fourth-order valence-corrected chi connectivity index (χ4v) is 2.76. The lowest BCUT2D eigenvalue weighted by Crippen LogP contribution is -2.35. The third kappa shape index (κ3) is 2.27. The van der Waals surface area contributed by atoms with Gasteiger partial charge in [-0.05, 0) is 19.8 Å². The van der Waals surface area contributed by atoms with Gasteiger partial charge in [0, 0.05) is 24.2 Å². The minimum Gasteiger partial charge on any atom is -0.352 e. The van der Waals surface area contributed by atoms with E-state index in [1.165, 1.54) is 0 Å². The second-order valence-corrected chi connectivity index (χ2v) is 6.01. The van der Waals surface area contributed by atoms with Gasteiger partial charge in [-0.2, -0.15) is 0 Å². The summed E-state index contributed by atoms with van der Waals surface area (Å²) in [5.41, 5.74) is 0.653. The molecular weight excluding hydrogens is 246 g/mol. The van der Waals surface area contributed by atoms with E-state index in [1.54, 1.807) is 11.3 Å². The molecular formula is C13H19N3OS. The number of aromatic nitrogens is 2. The number of carbonyl (C=O) groups is 1. The number of thiazole rings is 1. The van der Waals surface area contributed by atoms with E-state index >= 15 is 0 Å². The van der Waals surface area contributed by atoms with Crippen LogP contribution in [-0.2, 0) is 0 Å². The van der Waals surface area contributed by atoms with Crippen LogP contribution in [-0.4, -0.2) is 28.3 Å². The second kappa shape index (κ2) is 5.10.